The summed E-state index contributed by atoms with van der Waals surface area (Å²) in [4.78, 5) is 13.8. The van der Waals surface area contributed by atoms with Crippen LogP contribution in [0, 0.1) is 11.3 Å². The molecule has 0 radical (unpaired) electrons. The first-order valence-electron chi connectivity index (χ1n) is 6.97. The van der Waals surface area contributed by atoms with Gasteiger partial charge in [-0.15, -0.1) is 0 Å². The Bertz CT molecular complexity index is 329. The van der Waals surface area contributed by atoms with Crippen molar-refractivity contribution >= 4 is 5.91 Å². The summed E-state index contributed by atoms with van der Waals surface area (Å²) in [5.41, 5.74) is -2.19. The topological polar surface area (TPSA) is 32.3 Å². The van der Waals surface area contributed by atoms with E-state index in [1.54, 1.807) is 0 Å². The van der Waals surface area contributed by atoms with E-state index in [1.165, 1.54) is 4.90 Å². The number of piperidine rings is 1. The lowest BCUT2D eigenvalue weighted by Gasteiger charge is -2.38. The molecule has 1 N–H and O–H groups in total. The van der Waals surface area contributed by atoms with Crippen LogP contribution in [-0.2, 0) is 4.79 Å². The minimum Gasteiger partial charge on any atom is -0.342 e. The summed E-state index contributed by atoms with van der Waals surface area (Å²) in [6.45, 7) is 3.00. The lowest BCUT2D eigenvalue weighted by atomic mass is 9.83. The minimum absolute atomic E-state index is 0.136. The second-order valence-electron chi connectivity index (χ2n) is 5.65. The number of nitrogens with one attached hydrogen (secondary N) is 1. The third kappa shape index (κ3) is 2.59. The Labute approximate surface area is 111 Å². The number of nitrogens with zero attached hydrogens (tertiary/aromatic N) is 1. The Hall–Kier alpha value is -0.780. The maximum absolute atomic E-state index is 13.3. The molecule has 2 saturated heterocycles. The van der Waals surface area contributed by atoms with Crippen molar-refractivity contribution in [3.63, 3.8) is 0 Å². The van der Waals surface area contributed by atoms with Crippen LogP contribution in [0.5, 0.6) is 0 Å². The Morgan fingerprint density at radius 1 is 1.37 bits per heavy atom. The van der Waals surface area contributed by atoms with E-state index in [4.69, 9.17) is 0 Å². The number of carbonyl (C=O) groups is 1. The third-order valence-electron chi connectivity index (χ3n) is 4.59. The molecule has 1 atom stereocenters. The average Bonchev–Trinajstić information content (AvgIpc) is 2.88. The van der Waals surface area contributed by atoms with E-state index in [1.807, 2.05) is 0 Å². The van der Waals surface area contributed by atoms with Crippen molar-refractivity contribution in [3.8, 4) is 0 Å². The highest BCUT2D eigenvalue weighted by atomic mass is 19.4. The number of alkyl halides is 3. The molecule has 0 aromatic carbocycles. The van der Waals surface area contributed by atoms with Crippen LogP contribution >= 0.6 is 0 Å². The molecule has 0 spiro atoms. The molecule has 2 rings (SSSR count). The van der Waals surface area contributed by atoms with E-state index < -0.39 is 17.5 Å². The maximum Gasteiger partial charge on any atom is 0.404 e. The van der Waals surface area contributed by atoms with Crippen LogP contribution in [0.4, 0.5) is 13.2 Å². The van der Waals surface area contributed by atoms with Crippen LogP contribution in [0.25, 0.3) is 0 Å². The van der Waals surface area contributed by atoms with Crippen molar-refractivity contribution in [2.45, 2.75) is 38.8 Å². The average molecular weight is 278 g/mol. The van der Waals surface area contributed by atoms with Crippen molar-refractivity contribution in [1.29, 1.82) is 0 Å². The molecule has 19 heavy (non-hydrogen) atoms. The highest BCUT2D eigenvalue weighted by Gasteiger charge is 2.62. The number of halogens is 3. The van der Waals surface area contributed by atoms with Crippen molar-refractivity contribution in [2.75, 3.05) is 26.2 Å². The summed E-state index contributed by atoms with van der Waals surface area (Å²) >= 11 is 0. The van der Waals surface area contributed by atoms with Gasteiger partial charge < -0.3 is 10.2 Å². The van der Waals surface area contributed by atoms with Gasteiger partial charge >= 0.3 is 6.18 Å². The quantitative estimate of drug-likeness (QED) is 0.839. The van der Waals surface area contributed by atoms with E-state index in [0.29, 0.717) is 19.0 Å². The number of carbonyl (C=O) groups excluding carboxylic acids is 1. The predicted octanol–water partition coefficient (Wildman–Crippen LogP) is 2.18. The SMILES string of the molecule is CCC1CCN(C(=O)C2(C(F)(F)F)CCNC2)CC1. The second kappa shape index (κ2) is 5.31. The third-order valence-corrected chi connectivity index (χ3v) is 4.59. The van der Waals surface area contributed by atoms with Crippen LogP contribution in [0.2, 0.25) is 0 Å². The van der Waals surface area contributed by atoms with Gasteiger partial charge in [0.25, 0.3) is 0 Å². The van der Waals surface area contributed by atoms with Crippen LogP contribution in [-0.4, -0.2) is 43.2 Å². The molecule has 0 saturated carbocycles. The van der Waals surface area contributed by atoms with Gasteiger partial charge in [0, 0.05) is 19.6 Å². The van der Waals surface area contributed by atoms with Gasteiger partial charge in [0.15, 0.2) is 5.41 Å². The van der Waals surface area contributed by atoms with E-state index in [2.05, 4.69) is 12.2 Å². The Balaban J connectivity index is 2.09. The van der Waals surface area contributed by atoms with Gasteiger partial charge in [-0.1, -0.05) is 13.3 Å². The van der Waals surface area contributed by atoms with Gasteiger partial charge in [-0.2, -0.15) is 13.2 Å². The fraction of sp³-hybridized carbons (Fsp3) is 0.923. The molecule has 1 amide bonds. The molecule has 1 unspecified atom stereocenters. The molecule has 0 aromatic heterocycles. The smallest absolute Gasteiger partial charge is 0.342 e. The van der Waals surface area contributed by atoms with Crippen molar-refractivity contribution in [2.24, 2.45) is 11.3 Å². The zero-order valence-electron chi connectivity index (χ0n) is 11.2. The first-order valence-corrected chi connectivity index (χ1v) is 6.97. The maximum atomic E-state index is 13.3. The summed E-state index contributed by atoms with van der Waals surface area (Å²) < 4.78 is 39.8. The van der Waals surface area contributed by atoms with Crippen LogP contribution in [0.1, 0.15) is 32.6 Å². The number of amides is 1. The van der Waals surface area contributed by atoms with Gasteiger partial charge in [0.2, 0.25) is 5.91 Å². The van der Waals surface area contributed by atoms with Gasteiger partial charge in [-0.25, -0.2) is 0 Å². The minimum atomic E-state index is -4.46. The number of hydrogen-bond acceptors (Lipinski definition) is 2. The van der Waals surface area contributed by atoms with Gasteiger partial charge in [-0.3, -0.25) is 4.79 Å². The van der Waals surface area contributed by atoms with E-state index in [0.717, 1.165) is 19.3 Å². The van der Waals surface area contributed by atoms with Gasteiger partial charge in [0.1, 0.15) is 0 Å². The zero-order valence-corrected chi connectivity index (χ0v) is 11.2. The fourth-order valence-corrected chi connectivity index (χ4v) is 3.08. The first kappa shape index (κ1) is 14.6. The number of likely N-dealkylation sites (tertiary alicyclic amines) is 1. The molecular formula is C13H21F3N2O. The Morgan fingerprint density at radius 2 is 2.00 bits per heavy atom. The number of rotatable bonds is 2. The van der Waals surface area contributed by atoms with Crippen molar-refractivity contribution in [1.82, 2.24) is 10.2 Å². The molecule has 110 valence electrons. The summed E-state index contributed by atoms with van der Waals surface area (Å²) in [5.74, 6) is -0.174. The second-order valence-corrected chi connectivity index (χ2v) is 5.65. The first-order chi connectivity index (χ1) is 8.90. The van der Waals surface area contributed by atoms with E-state index in [9.17, 15) is 18.0 Å². The molecule has 2 fully saturated rings. The Morgan fingerprint density at radius 3 is 2.42 bits per heavy atom. The molecule has 0 bridgehead atoms. The largest absolute Gasteiger partial charge is 0.404 e. The molecule has 3 nitrogen and oxygen atoms in total. The molecular weight excluding hydrogens is 257 g/mol. The van der Waals surface area contributed by atoms with E-state index >= 15 is 0 Å². The van der Waals surface area contributed by atoms with Crippen LogP contribution in [0.3, 0.4) is 0 Å². The molecule has 2 aliphatic rings. The molecule has 2 heterocycles. The van der Waals surface area contributed by atoms with Crippen LogP contribution in [0.15, 0.2) is 0 Å². The molecule has 6 heteroatoms. The molecule has 0 aliphatic carbocycles. The Kier molecular flexibility index (Phi) is 4.08. The predicted molar refractivity (Wildman–Crippen MR) is 65.6 cm³/mol. The summed E-state index contributed by atoms with van der Waals surface area (Å²) in [5, 5.41) is 2.69. The lowest BCUT2D eigenvalue weighted by molar-refractivity contribution is -0.222. The monoisotopic (exact) mass is 278 g/mol. The lowest BCUT2D eigenvalue weighted by Crippen LogP contribution is -2.55. The highest BCUT2D eigenvalue weighted by Crippen LogP contribution is 2.44. The van der Waals surface area contributed by atoms with Gasteiger partial charge in [-0.05, 0) is 31.7 Å². The standard InChI is InChI=1S/C13H21F3N2O/c1-2-10-3-7-18(8-4-10)11(19)12(13(14,15)16)5-6-17-9-12/h10,17H,2-9H2,1H3. The van der Waals surface area contributed by atoms with Crippen LogP contribution < -0.4 is 5.32 Å². The molecule has 0 aromatic rings. The molecule has 2 aliphatic heterocycles. The summed E-state index contributed by atoms with van der Waals surface area (Å²) in [6, 6.07) is 0. The summed E-state index contributed by atoms with van der Waals surface area (Å²) in [6.07, 6.45) is -1.92. The number of hydrogen-bond donors (Lipinski definition) is 1. The van der Waals surface area contributed by atoms with E-state index in [-0.39, 0.29) is 19.5 Å². The normalized spacial score (nSPS) is 29.8. The van der Waals surface area contributed by atoms with Crippen molar-refractivity contribution in [3.05, 3.63) is 0 Å². The summed E-state index contributed by atoms with van der Waals surface area (Å²) in [7, 11) is 0. The zero-order chi connectivity index (χ0) is 14.1. The highest BCUT2D eigenvalue weighted by molar-refractivity contribution is 5.84. The van der Waals surface area contributed by atoms with Crippen molar-refractivity contribution < 1.29 is 18.0 Å². The van der Waals surface area contributed by atoms with Gasteiger partial charge in [0.05, 0.1) is 0 Å². The fourth-order valence-electron chi connectivity index (χ4n) is 3.08.